The first-order chi connectivity index (χ1) is 15.6. The summed E-state index contributed by atoms with van der Waals surface area (Å²) in [6.07, 6.45) is -2.85. The first-order valence-electron chi connectivity index (χ1n) is 9.61. The van der Waals surface area contributed by atoms with E-state index < -0.39 is 28.7 Å². The van der Waals surface area contributed by atoms with Gasteiger partial charge in [0.2, 0.25) is 15.9 Å². The standard InChI is InChI=1S/C21H20F3N3O5S/c1-31-17-6-2-15(3-7-17)20-27-16(12-32-20)10-11-26-33(29,30)18-8-4-14(5-9-18)19(28)25-13-21(22,23)24/h2-9,12,26H,10-11,13H2,1H3,(H,25,28). The number of hydrogen-bond acceptors (Lipinski definition) is 6. The summed E-state index contributed by atoms with van der Waals surface area (Å²) in [4.78, 5) is 15.9. The first-order valence-corrected chi connectivity index (χ1v) is 11.1. The van der Waals surface area contributed by atoms with Crippen LogP contribution in [-0.2, 0) is 16.4 Å². The van der Waals surface area contributed by atoms with Crippen LogP contribution in [0.25, 0.3) is 11.5 Å². The van der Waals surface area contributed by atoms with Crippen molar-refractivity contribution in [2.75, 3.05) is 20.2 Å². The maximum Gasteiger partial charge on any atom is 0.405 e. The van der Waals surface area contributed by atoms with Gasteiger partial charge in [-0.1, -0.05) is 0 Å². The van der Waals surface area contributed by atoms with Crippen molar-refractivity contribution in [1.29, 1.82) is 0 Å². The molecule has 2 N–H and O–H groups in total. The molecular formula is C21H20F3N3O5S. The van der Waals surface area contributed by atoms with Crippen LogP contribution < -0.4 is 14.8 Å². The molecule has 12 heteroatoms. The Balaban J connectivity index is 1.55. The minimum absolute atomic E-state index is 0.0325. The lowest BCUT2D eigenvalue weighted by atomic mass is 10.2. The molecule has 0 unspecified atom stereocenters. The van der Waals surface area contributed by atoms with Crippen LogP contribution in [0.5, 0.6) is 5.75 Å². The van der Waals surface area contributed by atoms with Gasteiger partial charge in [0.05, 0.1) is 17.7 Å². The van der Waals surface area contributed by atoms with E-state index in [0.29, 0.717) is 17.3 Å². The Morgan fingerprint density at radius 2 is 1.76 bits per heavy atom. The summed E-state index contributed by atoms with van der Waals surface area (Å²) in [5, 5.41) is 1.72. The number of nitrogens with zero attached hydrogens (tertiary/aromatic N) is 1. The third kappa shape index (κ3) is 6.80. The number of halogens is 3. The summed E-state index contributed by atoms with van der Waals surface area (Å²) in [6, 6.07) is 11.6. The van der Waals surface area contributed by atoms with Crippen LogP contribution in [0.4, 0.5) is 13.2 Å². The molecule has 1 heterocycles. The van der Waals surface area contributed by atoms with Crippen molar-refractivity contribution in [2.45, 2.75) is 17.5 Å². The lowest BCUT2D eigenvalue weighted by Gasteiger charge is -2.09. The number of amides is 1. The fourth-order valence-corrected chi connectivity index (χ4v) is 3.78. The van der Waals surface area contributed by atoms with Crippen LogP contribution in [0.2, 0.25) is 0 Å². The molecule has 2 aromatic carbocycles. The molecule has 0 saturated carbocycles. The molecule has 0 atom stereocenters. The molecule has 0 radical (unpaired) electrons. The molecule has 0 fully saturated rings. The second-order valence-corrected chi connectivity index (χ2v) is 8.61. The van der Waals surface area contributed by atoms with Gasteiger partial charge in [0.15, 0.2) is 0 Å². The Kier molecular flexibility index (Phi) is 7.39. The van der Waals surface area contributed by atoms with Gasteiger partial charge in [-0.25, -0.2) is 18.1 Å². The van der Waals surface area contributed by atoms with Crippen molar-refractivity contribution < 1.29 is 35.5 Å². The zero-order chi connectivity index (χ0) is 24.1. The number of carbonyl (C=O) groups is 1. The number of methoxy groups -OCH3 is 1. The fourth-order valence-electron chi connectivity index (χ4n) is 2.75. The van der Waals surface area contributed by atoms with Gasteiger partial charge < -0.3 is 14.5 Å². The fraction of sp³-hybridized carbons (Fsp3) is 0.238. The highest BCUT2D eigenvalue weighted by Gasteiger charge is 2.28. The predicted octanol–water partition coefficient (Wildman–Crippen LogP) is 3.16. The van der Waals surface area contributed by atoms with Crippen molar-refractivity contribution in [3.63, 3.8) is 0 Å². The maximum atomic E-state index is 12.4. The molecule has 0 aliphatic carbocycles. The van der Waals surface area contributed by atoms with E-state index in [1.807, 2.05) is 0 Å². The lowest BCUT2D eigenvalue weighted by molar-refractivity contribution is -0.123. The third-order valence-corrected chi connectivity index (χ3v) is 5.92. The van der Waals surface area contributed by atoms with Crippen LogP contribution in [0, 0.1) is 0 Å². The van der Waals surface area contributed by atoms with Crippen molar-refractivity contribution in [1.82, 2.24) is 15.0 Å². The van der Waals surface area contributed by atoms with Gasteiger partial charge in [-0.2, -0.15) is 13.2 Å². The predicted molar refractivity (Wildman–Crippen MR) is 112 cm³/mol. The summed E-state index contributed by atoms with van der Waals surface area (Å²) in [7, 11) is -2.34. The zero-order valence-corrected chi connectivity index (χ0v) is 18.2. The number of benzene rings is 2. The van der Waals surface area contributed by atoms with Crippen molar-refractivity contribution in [3.8, 4) is 17.2 Å². The minimum Gasteiger partial charge on any atom is -0.497 e. The lowest BCUT2D eigenvalue weighted by Crippen LogP contribution is -2.33. The van der Waals surface area contributed by atoms with Crippen molar-refractivity contribution in [3.05, 3.63) is 66.1 Å². The Morgan fingerprint density at radius 1 is 1.09 bits per heavy atom. The molecule has 0 aliphatic heterocycles. The summed E-state index contributed by atoms with van der Waals surface area (Å²) in [5.74, 6) is 0.118. The topological polar surface area (TPSA) is 111 Å². The molecule has 0 spiro atoms. The number of nitrogens with one attached hydrogen (secondary N) is 2. The molecular weight excluding hydrogens is 463 g/mol. The Labute approximate surface area is 187 Å². The average Bonchev–Trinajstić information content (AvgIpc) is 3.26. The molecule has 0 aliphatic rings. The molecule has 0 bridgehead atoms. The number of hydrogen-bond donors (Lipinski definition) is 2. The molecule has 3 aromatic rings. The van der Waals surface area contributed by atoms with Gasteiger partial charge in [-0.15, -0.1) is 0 Å². The molecule has 8 nitrogen and oxygen atoms in total. The SMILES string of the molecule is COc1ccc(-c2nc(CCNS(=O)(=O)c3ccc(C(=O)NCC(F)(F)F)cc3)co2)cc1. The second kappa shape index (κ2) is 10.0. The molecule has 3 rings (SSSR count). The maximum absolute atomic E-state index is 12.4. The van der Waals surface area contributed by atoms with Crippen LogP contribution in [0.15, 0.2) is 64.1 Å². The van der Waals surface area contributed by atoms with E-state index in [2.05, 4.69) is 9.71 Å². The number of aromatic nitrogens is 1. The third-order valence-electron chi connectivity index (χ3n) is 4.44. The van der Waals surface area contributed by atoms with E-state index in [9.17, 15) is 26.4 Å². The Hall–Kier alpha value is -3.38. The number of ether oxygens (including phenoxy) is 1. The summed E-state index contributed by atoms with van der Waals surface area (Å²) in [5.41, 5.74) is 1.19. The van der Waals surface area contributed by atoms with Gasteiger partial charge in [0.25, 0.3) is 5.91 Å². The van der Waals surface area contributed by atoms with E-state index in [-0.39, 0.29) is 23.4 Å². The van der Waals surface area contributed by atoms with Crippen LogP contribution in [0.1, 0.15) is 16.1 Å². The highest BCUT2D eigenvalue weighted by molar-refractivity contribution is 7.89. The second-order valence-electron chi connectivity index (χ2n) is 6.84. The Bertz CT molecular complexity index is 1190. The van der Waals surface area contributed by atoms with Crippen LogP contribution >= 0.6 is 0 Å². The minimum atomic E-state index is -4.54. The van der Waals surface area contributed by atoms with Crippen LogP contribution in [0.3, 0.4) is 0 Å². The van der Waals surface area contributed by atoms with Gasteiger partial charge in [-0.05, 0) is 48.5 Å². The van der Waals surface area contributed by atoms with Gasteiger partial charge in [-0.3, -0.25) is 4.79 Å². The largest absolute Gasteiger partial charge is 0.497 e. The van der Waals surface area contributed by atoms with E-state index in [1.165, 1.54) is 6.26 Å². The number of rotatable bonds is 9. The van der Waals surface area contributed by atoms with E-state index in [0.717, 1.165) is 29.8 Å². The normalized spacial score (nSPS) is 11.9. The molecule has 176 valence electrons. The molecule has 1 aromatic heterocycles. The smallest absolute Gasteiger partial charge is 0.405 e. The van der Waals surface area contributed by atoms with Crippen molar-refractivity contribution >= 4 is 15.9 Å². The number of oxazole rings is 1. The van der Waals surface area contributed by atoms with Gasteiger partial charge >= 0.3 is 6.18 Å². The van der Waals surface area contributed by atoms with Gasteiger partial charge in [0, 0.05) is 24.1 Å². The van der Waals surface area contributed by atoms with Crippen molar-refractivity contribution in [2.24, 2.45) is 0 Å². The zero-order valence-electron chi connectivity index (χ0n) is 17.3. The number of sulfonamides is 1. The van der Waals surface area contributed by atoms with E-state index >= 15 is 0 Å². The molecule has 0 saturated heterocycles. The monoisotopic (exact) mass is 483 g/mol. The van der Waals surface area contributed by atoms with E-state index in [4.69, 9.17) is 9.15 Å². The quantitative estimate of drug-likeness (QED) is 0.484. The van der Waals surface area contributed by atoms with Crippen LogP contribution in [-0.4, -0.2) is 45.7 Å². The summed E-state index contributed by atoms with van der Waals surface area (Å²) < 4.78 is 74.4. The summed E-state index contributed by atoms with van der Waals surface area (Å²) >= 11 is 0. The average molecular weight is 483 g/mol. The highest BCUT2D eigenvalue weighted by Crippen LogP contribution is 2.22. The van der Waals surface area contributed by atoms with Gasteiger partial charge in [0.1, 0.15) is 18.6 Å². The molecule has 33 heavy (non-hydrogen) atoms. The summed E-state index contributed by atoms with van der Waals surface area (Å²) in [6.45, 7) is -1.44. The number of alkyl halides is 3. The molecule has 1 amide bonds. The first kappa shape index (κ1) is 24.3. The highest BCUT2D eigenvalue weighted by atomic mass is 32.2. The van der Waals surface area contributed by atoms with E-state index in [1.54, 1.807) is 36.7 Å². The number of carbonyl (C=O) groups excluding carboxylic acids is 1. The Morgan fingerprint density at radius 3 is 2.36 bits per heavy atom.